The average Bonchev–Trinajstić information content (AvgIpc) is 2.52. The molecule has 0 aromatic heterocycles. The zero-order valence-corrected chi connectivity index (χ0v) is 12.6. The topological polar surface area (TPSA) is 95.4 Å². The van der Waals surface area contributed by atoms with Crippen molar-refractivity contribution in [2.75, 3.05) is 6.61 Å². The third-order valence-corrected chi connectivity index (χ3v) is 3.28. The van der Waals surface area contributed by atoms with Crippen LogP contribution in [0.2, 0.25) is 0 Å². The summed E-state index contributed by atoms with van der Waals surface area (Å²) in [6.45, 7) is 2.40. The van der Waals surface area contributed by atoms with Gasteiger partial charge < -0.3 is 16.2 Å². The fourth-order valence-corrected chi connectivity index (χ4v) is 2.26. The summed E-state index contributed by atoms with van der Waals surface area (Å²) in [6.07, 6.45) is 0.791. The fourth-order valence-electron chi connectivity index (χ4n) is 2.26. The van der Waals surface area contributed by atoms with Gasteiger partial charge in [0.15, 0.2) is 0 Å². The number of benzene rings is 2. The van der Waals surface area contributed by atoms with E-state index in [9.17, 15) is 14.0 Å². The predicted octanol–water partition coefficient (Wildman–Crippen LogP) is 2.48. The van der Waals surface area contributed by atoms with Crippen LogP contribution in [0.5, 0.6) is 5.75 Å². The predicted molar refractivity (Wildman–Crippen MR) is 84.7 cm³/mol. The van der Waals surface area contributed by atoms with Gasteiger partial charge in [0, 0.05) is 28.3 Å². The van der Waals surface area contributed by atoms with Crippen LogP contribution in [0.3, 0.4) is 0 Å². The molecular weight excluding hydrogens is 299 g/mol. The van der Waals surface area contributed by atoms with E-state index in [0.29, 0.717) is 12.4 Å². The van der Waals surface area contributed by atoms with Gasteiger partial charge in [0.25, 0.3) is 0 Å². The van der Waals surface area contributed by atoms with E-state index < -0.39 is 17.6 Å². The normalized spacial score (nSPS) is 10.3. The zero-order valence-electron chi connectivity index (χ0n) is 12.6. The molecule has 120 valence electrons. The molecule has 2 rings (SSSR count). The first kappa shape index (κ1) is 16.5. The highest BCUT2D eigenvalue weighted by molar-refractivity contribution is 6.08. The Morgan fingerprint density at radius 3 is 2.17 bits per heavy atom. The monoisotopic (exact) mass is 316 g/mol. The Balaban J connectivity index is 2.61. The lowest BCUT2D eigenvalue weighted by Crippen LogP contribution is -2.18. The van der Waals surface area contributed by atoms with Crippen molar-refractivity contribution in [1.29, 1.82) is 0 Å². The van der Waals surface area contributed by atoms with Gasteiger partial charge in [0.1, 0.15) is 11.6 Å². The number of carbonyl (C=O) groups excluding carboxylic acids is 2. The molecule has 0 saturated carbocycles. The molecule has 0 fully saturated rings. The Morgan fingerprint density at radius 2 is 1.70 bits per heavy atom. The van der Waals surface area contributed by atoms with Crippen LogP contribution in [0.15, 0.2) is 36.4 Å². The molecule has 0 heterocycles. The van der Waals surface area contributed by atoms with Crippen LogP contribution in [-0.4, -0.2) is 18.4 Å². The number of halogens is 1. The lowest BCUT2D eigenvalue weighted by molar-refractivity contribution is 0.0999. The summed E-state index contributed by atoms with van der Waals surface area (Å²) >= 11 is 0. The van der Waals surface area contributed by atoms with Crippen molar-refractivity contribution in [3.63, 3.8) is 0 Å². The van der Waals surface area contributed by atoms with E-state index in [1.165, 1.54) is 30.3 Å². The van der Waals surface area contributed by atoms with Gasteiger partial charge in [0.2, 0.25) is 11.8 Å². The average molecular weight is 316 g/mol. The van der Waals surface area contributed by atoms with Crippen LogP contribution in [0, 0.1) is 5.82 Å². The molecule has 0 atom stereocenters. The molecule has 6 heteroatoms. The number of ether oxygens (including phenoxy) is 1. The molecule has 0 aliphatic rings. The molecule has 4 N–H and O–H groups in total. The molecule has 0 spiro atoms. The van der Waals surface area contributed by atoms with Gasteiger partial charge in [-0.05, 0) is 30.7 Å². The number of hydrogen-bond acceptors (Lipinski definition) is 3. The minimum absolute atomic E-state index is 0.0300. The van der Waals surface area contributed by atoms with Crippen molar-refractivity contribution < 1.29 is 18.7 Å². The van der Waals surface area contributed by atoms with Gasteiger partial charge in [0.05, 0.1) is 6.61 Å². The molecule has 0 radical (unpaired) electrons. The van der Waals surface area contributed by atoms with E-state index in [1.807, 2.05) is 6.92 Å². The summed E-state index contributed by atoms with van der Waals surface area (Å²) in [5.41, 5.74) is 10.9. The van der Waals surface area contributed by atoms with Crippen LogP contribution in [-0.2, 0) is 0 Å². The quantitative estimate of drug-likeness (QED) is 0.857. The van der Waals surface area contributed by atoms with E-state index in [4.69, 9.17) is 16.2 Å². The first-order valence-electron chi connectivity index (χ1n) is 7.11. The molecular formula is C17H17FN2O3. The smallest absolute Gasteiger partial charge is 0.249 e. The molecule has 0 unspecified atom stereocenters. The highest BCUT2D eigenvalue weighted by Gasteiger charge is 2.20. The number of primary amides is 2. The maximum Gasteiger partial charge on any atom is 0.249 e. The van der Waals surface area contributed by atoms with E-state index >= 15 is 0 Å². The van der Waals surface area contributed by atoms with Crippen molar-refractivity contribution in [2.45, 2.75) is 13.3 Å². The number of nitrogens with two attached hydrogens (primary N) is 2. The third-order valence-electron chi connectivity index (χ3n) is 3.28. The summed E-state index contributed by atoms with van der Waals surface area (Å²) in [4.78, 5) is 23.2. The minimum atomic E-state index is -0.770. The second kappa shape index (κ2) is 6.91. The first-order chi connectivity index (χ1) is 11.0. The van der Waals surface area contributed by atoms with Crippen LogP contribution in [0.4, 0.5) is 4.39 Å². The van der Waals surface area contributed by atoms with E-state index in [0.717, 1.165) is 6.42 Å². The SMILES string of the molecule is CCCOc1ccc(-c2c(C(N)=O)cccc2C(N)=O)c(F)c1. The van der Waals surface area contributed by atoms with E-state index in [-0.39, 0.29) is 22.3 Å². The summed E-state index contributed by atoms with van der Waals surface area (Å²) in [7, 11) is 0. The van der Waals surface area contributed by atoms with Gasteiger partial charge in [-0.2, -0.15) is 0 Å². The molecule has 0 aliphatic carbocycles. The number of rotatable bonds is 6. The summed E-state index contributed by atoms with van der Waals surface area (Å²) in [6, 6.07) is 8.52. The Bertz CT molecular complexity index is 727. The molecule has 23 heavy (non-hydrogen) atoms. The molecule has 2 aromatic carbocycles. The number of hydrogen-bond donors (Lipinski definition) is 2. The second-order valence-electron chi connectivity index (χ2n) is 4.95. The van der Waals surface area contributed by atoms with Crippen LogP contribution < -0.4 is 16.2 Å². The molecule has 2 amide bonds. The zero-order chi connectivity index (χ0) is 17.0. The van der Waals surface area contributed by atoms with Crippen molar-refractivity contribution in [3.05, 3.63) is 53.3 Å². The van der Waals surface area contributed by atoms with Gasteiger partial charge in [-0.1, -0.05) is 13.0 Å². The number of amides is 2. The van der Waals surface area contributed by atoms with Crippen molar-refractivity contribution >= 4 is 11.8 Å². The maximum absolute atomic E-state index is 14.5. The van der Waals surface area contributed by atoms with Crippen molar-refractivity contribution in [1.82, 2.24) is 0 Å². The van der Waals surface area contributed by atoms with Crippen LogP contribution in [0.1, 0.15) is 34.1 Å². The fraction of sp³-hybridized carbons (Fsp3) is 0.176. The van der Waals surface area contributed by atoms with Crippen molar-refractivity contribution in [3.8, 4) is 16.9 Å². The molecule has 5 nitrogen and oxygen atoms in total. The number of carbonyl (C=O) groups is 2. The minimum Gasteiger partial charge on any atom is -0.494 e. The van der Waals surface area contributed by atoms with Crippen molar-refractivity contribution in [2.24, 2.45) is 11.5 Å². The Hall–Kier alpha value is -2.89. The van der Waals surface area contributed by atoms with Gasteiger partial charge in [-0.25, -0.2) is 4.39 Å². The Labute approximate surface area is 133 Å². The molecule has 0 saturated heterocycles. The molecule has 0 bridgehead atoms. The first-order valence-corrected chi connectivity index (χ1v) is 7.11. The van der Waals surface area contributed by atoms with Gasteiger partial charge in [-0.15, -0.1) is 0 Å². The maximum atomic E-state index is 14.5. The second-order valence-corrected chi connectivity index (χ2v) is 4.95. The largest absolute Gasteiger partial charge is 0.494 e. The lowest BCUT2D eigenvalue weighted by atomic mass is 9.93. The van der Waals surface area contributed by atoms with Gasteiger partial charge in [-0.3, -0.25) is 9.59 Å². The summed E-state index contributed by atoms with van der Waals surface area (Å²) in [5, 5.41) is 0. The molecule has 2 aromatic rings. The van der Waals surface area contributed by atoms with E-state index in [2.05, 4.69) is 0 Å². The summed E-state index contributed by atoms with van der Waals surface area (Å²) in [5.74, 6) is -1.80. The highest BCUT2D eigenvalue weighted by Crippen LogP contribution is 2.32. The Morgan fingerprint density at radius 1 is 1.09 bits per heavy atom. The Kier molecular flexibility index (Phi) is 4.95. The van der Waals surface area contributed by atoms with Gasteiger partial charge >= 0.3 is 0 Å². The lowest BCUT2D eigenvalue weighted by Gasteiger charge is -2.13. The standard InChI is InChI=1S/C17H17FN2O3/c1-2-8-23-10-6-7-11(14(18)9-10)15-12(16(19)21)4-3-5-13(15)17(20)22/h3-7,9H,2,8H2,1H3,(H2,19,21)(H2,20,22). The molecule has 0 aliphatic heterocycles. The summed E-state index contributed by atoms with van der Waals surface area (Å²) < 4.78 is 19.8. The van der Waals surface area contributed by atoms with E-state index in [1.54, 1.807) is 6.07 Å². The third kappa shape index (κ3) is 3.48. The van der Waals surface area contributed by atoms with Crippen LogP contribution in [0.25, 0.3) is 11.1 Å². The highest BCUT2D eigenvalue weighted by atomic mass is 19.1. The van der Waals surface area contributed by atoms with Crippen LogP contribution >= 0.6 is 0 Å².